The van der Waals surface area contributed by atoms with E-state index in [4.69, 9.17) is 9.47 Å². The zero-order valence-corrected chi connectivity index (χ0v) is 9.16. The van der Waals surface area contributed by atoms with Crippen molar-refractivity contribution in [2.24, 2.45) is 0 Å². The summed E-state index contributed by atoms with van der Waals surface area (Å²) in [5.41, 5.74) is 1.22. The lowest BCUT2D eigenvalue weighted by atomic mass is 10.1. The van der Waals surface area contributed by atoms with Gasteiger partial charge in [0.1, 0.15) is 5.75 Å². The van der Waals surface area contributed by atoms with Gasteiger partial charge in [-0.3, -0.25) is 0 Å². The van der Waals surface area contributed by atoms with Crippen LogP contribution in [0.3, 0.4) is 0 Å². The highest BCUT2D eigenvalue weighted by Crippen LogP contribution is 2.22. The number of benzene rings is 1. The molecule has 0 saturated heterocycles. The lowest BCUT2D eigenvalue weighted by Gasteiger charge is -2.09. The summed E-state index contributed by atoms with van der Waals surface area (Å²) in [6.45, 7) is 2.15. The number of esters is 1. The van der Waals surface area contributed by atoms with E-state index < -0.39 is 0 Å². The van der Waals surface area contributed by atoms with E-state index in [0.29, 0.717) is 23.6 Å². The zero-order valence-electron chi connectivity index (χ0n) is 9.16. The Morgan fingerprint density at radius 1 is 1.47 bits per heavy atom. The molecule has 0 atom stereocenters. The van der Waals surface area contributed by atoms with Gasteiger partial charge in [0.25, 0.3) is 0 Å². The van der Waals surface area contributed by atoms with Crippen molar-refractivity contribution in [3.05, 3.63) is 23.8 Å². The third-order valence-electron chi connectivity index (χ3n) is 1.99. The average molecular weight is 209 g/mol. The second-order valence-electron chi connectivity index (χ2n) is 2.88. The Morgan fingerprint density at radius 2 is 2.20 bits per heavy atom. The van der Waals surface area contributed by atoms with Crippen LogP contribution in [0.25, 0.3) is 0 Å². The predicted molar refractivity (Wildman–Crippen MR) is 58.5 cm³/mol. The molecule has 4 heteroatoms. The highest BCUT2D eigenvalue weighted by Gasteiger charge is 2.12. The molecule has 0 aromatic heterocycles. The van der Waals surface area contributed by atoms with Gasteiger partial charge in [0, 0.05) is 13.1 Å². The van der Waals surface area contributed by atoms with Crippen LogP contribution in [0.5, 0.6) is 5.75 Å². The first-order valence-electron chi connectivity index (χ1n) is 4.75. The summed E-state index contributed by atoms with van der Waals surface area (Å²) < 4.78 is 9.98. The maximum absolute atomic E-state index is 11.5. The zero-order chi connectivity index (χ0) is 11.3. The molecule has 4 nitrogen and oxygen atoms in total. The van der Waals surface area contributed by atoms with Gasteiger partial charge in [-0.15, -0.1) is 0 Å². The highest BCUT2D eigenvalue weighted by atomic mass is 16.5. The van der Waals surface area contributed by atoms with Gasteiger partial charge in [-0.2, -0.15) is 0 Å². The molecule has 0 aliphatic rings. The second-order valence-corrected chi connectivity index (χ2v) is 2.88. The molecule has 0 radical (unpaired) electrons. The number of carbonyl (C=O) groups is 1. The molecular weight excluding hydrogens is 194 g/mol. The molecule has 1 rings (SSSR count). The van der Waals surface area contributed by atoms with Crippen LogP contribution < -0.4 is 10.1 Å². The fraction of sp³-hybridized carbons (Fsp3) is 0.364. The van der Waals surface area contributed by atoms with Crippen molar-refractivity contribution in [1.82, 2.24) is 0 Å². The van der Waals surface area contributed by atoms with Gasteiger partial charge >= 0.3 is 5.97 Å². The third kappa shape index (κ3) is 2.62. The van der Waals surface area contributed by atoms with Crippen molar-refractivity contribution < 1.29 is 14.3 Å². The maximum atomic E-state index is 11.5. The minimum absolute atomic E-state index is 0.329. The number of hydrogen-bond donors (Lipinski definition) is 1. The smallest absolute Gasteiger partial charge is 0.340 e. The van der Waals surface area contributed by atoms with Gasteiger partial charge < -0.3 is 14.8 Å². The molecule has 1 aromatic carbocycles. The van der Waals surface area contributed by atoms with Gasteiger partial charge in [0.2, 0.25) is 0 Å². The Balaban J connectivity index is 3.02. The van der Waals surface area contributed by atoms with Crippen molar-refractivity contribution in [3.63, 3.8) is 0 Å². The van der Waals surface area contributed by atoms with Gasteiger partial charge in [-0.05, 0) is 19.1 Å². The fourth-order valence-electron chi connectivity index (χ4n) is 1.24. The summed E-state index contributed by atoms with van der Waals surface area (Å²) in [7, 11) is 3.33. The number of anilines is 1. The molecule has 0 spiro atoms. The molecule has 1 aromatic rings. The van der Waals surface area contributed by atoms with Crippen LogP contribution in [-0.2, 0) is 4.74 Å². The lowest BCUT2D eigenvalue weighted by Crippen LogP contribution is -2.08. The van der Waals surface area contributed by atoms with E-state index in [-0.39, 0.29) is 5.97 Å². The predicted octanol–water partition coefficient (Wildman–Crippen LogP) is 1.91. The second kappa shape index (κ2) is 5.24. The Kier molecular flexibility index (Phi) is 3.97. The fourth-order valence-corrected chi connectivity index (χ4v) is 1.24. The summed E-state index contributed by atoms with van der Waals surface area (Å²) >= 11 is 0. The van der Waals surface area contributed by atoms with E-state index in [2.05, 4.69) is 5.32 Å². The Morgan fingerprint density at radius 3 is 2.73 bits per heavy atom. The van der Waals surface area contributed by atoms with Crippen LogP contribution >= 0.6 is 0 Å². The van der Waals surface area contributed by atoms with Crippen LogP contribution in [0.2, 0.25) is 0 Å². The first-order valence-corrected chi connectivity index (χ1v) is 4.75. The summed E-state index contributed by atoms with van der Waals surface area (Å²) in [4.78, 5) is 11.5. The molecule has 0 bridgehead atoms. The minimum atomic E-state index is -0.329. The summed E-state index contributed by atoms with van der Waals surface area (Å²) in [5, 5.41) is 2.93. The largest absolute Gasteiger partial charge is 0.497 e. The SMILES string of the molecule is CCOC(=O)c1ccc(OC)cc1NC. The van der Waals surface area contributed by atoms with Crippen LogP contribution in [-0.4, -0.2) is 26.7 Å². The van der Waals surface area contributed by atoms with Crippen molar-refractivity contribution >= 4 is 11.7 Å². The quantitative estimate of drug-likeness (QED) is 0.769. The molecule has 1 N–H and O–H groups in total. The number of ether oxygens (including phenoxy) is 2. The molecule has 0 unspecified atom stereocenters. The number of rotatable bonds is 4. The van der Waals surface area contributed by atoms with Crippen molar-refractivity contribution in [1.29, 1.82) is 0 Å². The van der Waals surface area contributed by atoms with Crippen molar-refractivity contribution in [2.75, 3.05) is 26.1 Å². The van der Waals surface area contributed by atoms with Crippen molar-refractivity contribution in [2.45, 2.75) is 6.92 Å². The standard InChI is InChI=1S/C11H15NO3/c1-4-15-11(13)9-6-5-8(14-3)7-10(9)12-2/h5-7,12H,4H2,1-3H3. The highest BCUT2D eigenvalue weighted by molar-refractivity contribution is 5.95. The normalized spacial score (nSPS) is 9.53. The van der Waals surface area contributed by atoms with E-state index in [1.54, 1.807) is 39.3 Å². The molecule has 0 saturated carbocycles. The van der Waals surface area contributed by atoms with Crippen LogP contribution in [0, 0.1) is 0 Å². The first kappa shape index (κ1) is 11.4. The number of carbonyl (C=O) groups excluding carboxylic acids is 1. The van der Waals surface area contributed by atoms with E-state index >= 15 is 0 Å². The molecule has 82 valence electrons. The molecule has 0 heterocycles. The van der Waals surface area contributed by atoms with Gasteiger partial charge in [0.05, 0.1) is 25.0 Å². The minimum Gasteiger partial charge on any atom is -0.497 e. The topological polar surface area (TPSA) is 47.6 Å². The molecule has 0 amide bonds. The third-order valence-corrected chi connectivity index (χ3v) is 1.99. The number of hydrogen-bond acceptors (Lipinski definition) is 4. The number of nitrogens with one attached hydrogen (secondary N) is 1. The van der Waals surface area contributed by atoms with Gasteiger partial charge in [0.15, 0.2) is 0 Å². The number of methoxy groups -OCH3 is 1. The van der Waals surface area contributed by atoms with E-state index in [0.717, 1.165) is 0 Å². The van der Waals surface area contributed by atoms with Crippen LogP contribution in [0.4, 0.5) is 5.69 Å². The molecule has 0 fully saturated rings. The van der Waals surface area contributed by atoms with E-state index in [1.807, 2.05) is 0 Å². The molecular formula is C11H15NO3. The van der Waals surface area contributed by atoms with Gasteiger partial charge in [-0.1, -0.05) is 0 Å². The van der Waals surface area contributed by atoms with Gasteiger partial charge in [-0.25, -0.2) is 4.79 Å². The average Bonchev–Trinajstić information content (AvgIpc) is 2.28. The maximum Gasteiger partial charge on any atom is 0.340 e. The Hall–Kier alpha value is -1.71. The van der Waals surface area contributed by atoms with E-state index in [9.17, 15) is 4.79 Å². The Labute approximate surface area is 89.2 Å². The molecule has 15 heavy (non-hydrogen) atoms. The monoisotopic (exact) mass is 209 g/mol. The first-order chi connectivity index (χ1) is 7.22. The van der Waals surface area contributed by atoms with E-state index in [1.165, 1.54) is 0 Å². The van der Waals surface area contributed by atoms with Crippen molar-refractivity contribution in [3.8, 4) is 5.75 Å². The summed E-state index contributed by atoms with van der Waals surface area (Å²) in [6, 6.07) is 5.17. The lowest BCUT2D eigenvalue weighted by molar-refractivity contribution is 0.0527. The summed E-state index contributed by atoms with van der Waals surface area (Å²) in [5.74, 6) is 0.372. The van der Waals surface area contributed by atoms with Crippen LogP contribution in [0.1, 0.15) is 17.3 Å². The Bertz CT molecular complexity index is 350. The molecule has 0 aliphatic carbocycles. The summed E-state index contributed by atoms with van der Waals surface area (Å²) in [6.07, 6.45) is 0. The molecule has 0 aliphatic heterocycles. The van der Waals surface area contributed by atoms with Crippen LogP contribution in [0.15, 0.2) is 18.2 Å².